The summed E-state index contributed by atoms with van der Waals surface area (Å²) in [5, 5.41) is 31.9. The highest BCUT2D eigenvalue weighted by molar-refractivity contribution is 6.32. The van der Waals surface area contributed by atoms with E-state index in [9.17, 15) is 34.3 Å². The number of hydrogen-bond acceptors (Lipinski definition) is 21. The average Bonchev–Trinajstić information content (AvgIpc) is 1.64. The standard InChI is InChI=1S/C40H46Cl2N14O6.C40H48ClN11O6/c1-20(2)28(18-61-62-19-43)38(57)55-16-26(51-53-44)14-29(55)36-46-32(34(41)49-36)24-10-6-22(7-11-24)23-8-12-25(13-9-23)33-35(42)50-37(47-33)30-15-27(52-54-45)17-56(30)39(58)31(21(3)4)48-40(59)60-5;1-22(2)29(20-57-58-21-42)38(53)51-16-6-7-31(51)37-46-34(35(41)48-37)27-14-10-25(11-15-27)24-8-12-26(13-9-24)30-18-44-36(45-30)32-17-28(49-50-43)19-52(32)39(54)33(23(3)4)47-40(55)56-5/h6-13,19-21,26-31,43H,14-18H2,1-5H3,(H,46,49)(H,47,50)(H,48,59);8-15,18,21-23,28-29,31-33,42H,6-7,16-17,19-20H2,1-5H3,(H,44,45)(H,46,48)(H,47,55)/t26-,27-,28-,29-,30-,31-;28-,29-,31-,32-,33-/m00/s1. The molecule has 4 saturated heterocycles. The number of imidazole rings is 4. The number of nitrogens with zero attached hydrogens (tertiary/aromatic N) is 17. The van der Waals surface area contributed by atoms with Crippen molar-refractivity contribution >= 4 is 83.4 Å². The van der Waals surface area contributed by atoms with E-state index in [0.29, 0.717) is 84.1 Å². The Bertz CT molecular complexity index is 5120. The summed E-state index contributed by atoms with van der Waals surface area (Å²) in [6.07, 6.45) is 4.20. The van der Waals surface area contributed by atoms with Crippen molar-refractivity contribution in [3.05, 3.63) is 173 Å². The first-order valence-corrected chi connectivity index (χ1v) is 40.2. The van der Waals surface area contributed by atoms with Crippen LogP contribution in [0.4, 0.5) is 9.59 Å². The minimum Gasteiger partial charge on any atom is -0.453 e. The number of alkyl carbamates (subject to hydrolysis) is 2. The minimum atomic E-state index is -0.889. The summed E-state index contributed by atoms with van der Waals surface area (Å²) >= 11 is 20.1. The van der Waals surface area contributed by atoms with Gasteiger partial charge in [-0.2, -0.15) is 9.78 Å². The summed E-state index contributed by atoms with van der Waals surface area (Å²) in [7, 11) is 2.47. The van der Waals surface area contributed by atoms with E-state index in [2.05, 4.69) is 75.4 Å². The molecule has 6 amide bonds. The Labute approximate surface area is 705 Å². The second-order valence-electron chi connectivity index (χ2n) is 30.8. The van der Waals surface area contributed by atoms with Gasteiger partial charge >= 0.3 is 12.2 Å². The lowest BCUT2D eigenvalue weighted by Gasteiger charge is -2.30. The Kier molecular flexibility index (Phi) is 29.9. The van der Waals surface area contributed by atoms with Gasteiger partial charge < -0.3 is 69.4 Å². The monoisotopic (exact) mass is 1700 g/mol. The molecule has 4 aliphatic heterocycles. The van der Waals surface area contributed by atoms with E-state index in [4.69, 9.17) is 90.9 Å². The lowest BCUT2D eigenvalue weighted by molar-refractivity contribution is -0.229. The van der Waals surface area contributed by atoms with Gasteiger partial charge in [0.2, 0.25) is 36.4 Å². The first-order valence-electron chi connectivity index (χ1n) is 39.0. The van der Waals surface area contributed by atoms with Crippen molar-refractivity contribution in [2.75, 3.05) is 53.6 Å². The maximum Gasteiger partial charge on any atom is 0.407 e. The number of likely N-dealkylation sites (tertiary alicyclic amines) is 4. The number of aromatic nitrogens is 8. The van der Waals surface area contributed by atoms with Crippen molar-refractivity contribution in [2.24, 2.45) is 50.9 Å². The smallest absolute Gasteiger partial charge is 0.407 e. The van der Waals surface area contributed by atoms with Gasteiger partial charge in [0, 0.05) is 57.6 Å². The number of methoxy groups -OCH3 is 2. The number of hydrogen-bond donors (Lipinski definition) is 8. The summed E-state index contributed by atoms with van der Waals surface area (Å²) < 4.78 is 9.49. The number of halogens is 3. The van der Waals surface area contributed by atoms with Gasteiger partial charge in [-0.1, -0.05) is 203 Å². The van der Waals surface area contributed by atoms with Crippen LogP contribution in [-0.4, -0.2) is 192 Å². The number of nitrogens with one attached hydrogen (secondary N) is 8. The van der Waals surface area contributed by atoms with Gasteiger partial charge in [-0.25, -0.2) is 29.5 Å². The number of benzene rings is 4. The van der Waals surface area contributed by atoms with E-state index in [1.807, 2.05) is 144 Å². The van der Waals surface area contributed by atoms with E-state index in [1.165, 1.54) is 14.2 Å². The zero-order chi connectivity index (χ0) is 86.2. The van der Waals surface area contributed by atoms with Crippen molar-refractivity contribution in [1.29, 1.82) is 10.8 Å². The summed E-state index contributed by atoms with van der Waals surface area (Å²) in [6.45, 7) is 16.0. The average molecular weight is 1700 g/mol. The Morgan fingerprint density at radius 1 is 0.475 bits per heavy atom. The molecular formula is C80H94Cl3N25O12. The number of carbonyl (C=O) groups excluding carboxylic acids is 6. The third-order valence-electron chi connectivity index (χ3n) is 21.9. The fourth-order valence-corrected chi connectivity index (χ4v) is 16.2. The van der Waals surface area contributed by atoms with Crippen LogP contribution >= 0.6 is 34.8 Å². The maximum atomic E-state index is 13.8. The van der Waals surface area contributed by atoms with E-state index in [0.717, 1.165) is 63.0 Å². The van der Waals surface area contributed by atoms with Gasteiger partial charge in [-0.05, 0) is 100 Å². The highest BCUT2D eigenvalue weighted by Gasteiger charge is 2.46. The molecule has 8 N–H and O–H groups in total. The molecule has 4 aromatic carbocycles. The third-order valence-corrected chi connectivity index (χ3v) is 22.7. The van der Waals surface area contributed by atoms with Crippen LogP contribution in [0.3, 0.4) is 0 Å². The molecule has 11 atom stereocenters. The van der Waals surface area contributed by atoms with E-state index < -0.39 is 72.4 Å². The number of amides is 6. The number of aromatic amines is 4. The molecule has 0 saturated carbocycles. The Morgan fingerprint density at radius 3 is 1.13 bits per heavy atom. The molecule has 4 aliphatic rings. The van der Waals surface area contributed by atoms with Gasteiger partial charge in [0.15, 0.2) is 0 Å². The highest BCUT2D eigenvalue weighted by Crippen LogP contribution is 2.43. The molecule has 37 nitrogen and oxygen atoms in total. The molecule has 632 valence electrons. The summed E-state index contributed by atoms with van der Waals surface area (Å²) in [4.78, 5) is 146. The first kappa shape index (κ1) is 88.6. The number of azide groups is 3. The number of H-pyrrole nitrogens is 4. The molecule has 120 heavy (non-hydrogen) atoms. The van der Waals surface area contributed by atoms with Gasteiger partial charge in [0.25, 0.3) is 0 Å². The fourth-order valence-electron chi connectivity index (χ4n) is 15.4. The van der Waals surface area contributed by atoms with Crippen LogP contribution < -0.4 is 10.6 Å². The first-order chi connectivity index (χ1) is 57.7. The van der Waals surface area contributed by atoms with Gasteiger partial charge in [0.1, 0.15) is 81.1 Å². The molecule has 4 aromatic heterocycles. The van der Waals surface area contributed by atoms with Crippen LogP contribution in [-0.2, 0) is 48.2 Å². The fraction of sp³-hybridized carbons (Fsp3) is 0.450. The Hall–Kier alpha value is -12.2. The second kappa shape index (κ2) is 40.5. The number of ether oxygens (including phenoxy) is 2. The topological polar surface area (TPSA) is 504 Å². The van der Waals surface area contributed by atoms with Crippen LogP contribution in [0.2, 0.25) is 15.5 Å². The van der Waals surface area contributed by atoms with Crippen LogP contribution in [0.25, 0.3) is 98.6 Å². The van der Waals surface area contributed by atoms with Gasteiger partial charge in [-0.3, -0.25) is 30.0 Å². The predicted octanol–water partition coefficient (Wildman–Crippen LogP) is 16.2. The normalized spacial score (nSPS) is 19.2. The third kappa shape index (κ3) is 20.5. The zero-order valence-corrected chi connectivity index (χ0v) is 69.8. The van der Waals surface area contributed by atoms with Crippen LogP contribution in [0.5, 0.6) is 0 Å². The van der Waals surface area contributed by atoms with Crippen LogP contribution in [0, 0.1) is 46.3 Å². The zero-order valence-electron chi connectivity index (χ0n) is 67.5. The quantitative estimate of drug-likeness (QED) is 0.00292. The minimum absolute atomic E-state index is 0.00198. The highest BCUT2D eigenvalue weighted by atomic mass is 35.5. The lowest BCUT2D eigenvalue weighted by atomic mass is 9.95. The molecule has 0 spiro atoms. The van der Waals surface area contributed by atoms with Crippen LogP contribution in [0.15, 0.2) is 119 Å². The molecule has 4 fully saturated rings. The number of rotatable bonds is 31. The van der Waals surface area contributed by atoms with E-state index >= 15 is 0 Å². The number of carbonyl (C=O) groups is 6. The Morgan fingerprint density at radius 2 is 0.800 bits per heavy atom. The molecule has 0 aliphatic carbocycles. The Balaban J connectivity index is 0.000000235. The molecule has 8 heterocycles. The van der Waals surface area contributed by atoms with Crippen molar-refractivity contribution in [3.8, 4) is 67.3 Å². The molecule has 12 rings (SSSR count). The maximum absolute atomic E-state index is 13.8. The molecule has 0 radical (unpaired) electrons. The van der Waals surface area contributed by atoms with Gasteiger partial charge in [-0.15, -0.1) is 0 Å². The van der Waals surface area contributed by atoms with E-state index in [-0.39, 0.29) is 96.5 Å². The predicted molar refractivity (Wildman–Crippen MR) is 445 cm³/mol. The van der Waals surface area contributed by atoms with Gasteiger partial charge in [0.05, 0.1) is 80.2 Å². The lowest BCUT2D eigenvalue weighted by Crippen LogP contribution is -2.51. The molecular weight excluding hydrogens is 1610 g/mol. The van der Waals surface area contributed by atoms with Crippen molar-refractivity contribution in [3.63, 3.8) is 0 Å². The van der Waals surface area contributed by atoms with Crippen molar-refractivity contribution in [1.82, 2.24) is 70.1 Å². The largest absolute Gasteiger partial charge is 0.453 e. The molecule has 0 bridgehead atoms. The van der Waals surface area contributed by atoms with E-state index in [1.54, 1.807) is 34.7 Å². The second-order valence-corrected chi connectivity index (χ2v) is 31.9. The molecule has 8 aromatic rings. The summed E-state index contributed by atoms with van der Waals surface area (Å²) in [5.41, 5.74) is 36.7. The van der Waals surface area contributed by atoms with Crippen molar-refractivity contribution < 1.29 is 57.8 Å². The van der Waals surface area contributed by atoms with Crippen LogP contribution in [0.1, 0.15) is 135 Å². The van der Waals surface area contributed by atoms with Crippen molar-refractivity contribution in [2.45, 2.75) is 142 Å². The summed E-state index contributed by atoms with van der Waals surface area (Å²) in [5.74, 6) is -0.557. The summed E-state index contributed by atoms with van der Waals surface area (Å²) in [6, 6.07) is 26.2. The SMILES string of the molecule is COC(=O)N[C@H](C(=O)N1C[C@@H](N=[N+]=[N-])C[C@H]1c1nc(-c2ccc(-c3ccc(-c4nc([C@@H]5C[C@H](N=[N+]=[N-])CN5C(=O)[C@@H](COOC=N)C(C)C)[nH]c4Cl)cc3)cc2)c(Cl)[nH]1)C(C)C.COC(=O)N[C@H](C(=O)N1C[C@@H](N=[N+]=[N-])C[C@H]1c1ncc(-c2ccc(-c3ccc(-c4nc([C@@H]5CCCN5C(=O)[C@@H](COOC=N)C(C)C)[nH]c4Cl)cc3)cc2)[nH]1)C(C)C. The molecule has 40 heteroatoms. The molecule has 0 unspecified atom stereocenters.